The number of hydrogen-bond donors (Lipinski definition) is 1. The molecule has 2 rings (SSSR count). The summed E-state index contributed by atoms with van der Waals surface area (Å²) in [7, 11) is -3.39. The van der Waals surface area contributed by atoms with E-state index in [0.29, 0.717) is 6.61 Å². The molecule has 0 radical (unpaired) electrons. The molecule has 1 aromatic carbocycles. The van der Waals surface area contributed by atoms with Gasteiger partial charge in [-0.2, -0.15) is 4.72 Å². The van der Waals surface area contributed by atoms with Gasteiger partial charge in [0.15, 0.2) is 0 Å². The SMILES string of the molecule is Cc1ccc(S(=O)(=O)NC2CO2)cc1. The van der Waals surface area contributed by atoms with Crippen molar-refractivity contribution in [1.29, 1.82) is 0 Å². The Balaban J connectivity index is 2.24. The highest BCUT2D eigenvalue weighted by molar-refractivity contribution is 7.89. The van der Waals surface area contributed by atoms with Crippen molar-refractivity contribution in [3.63, 3.8) is 0 Å². The van der Waals surface area contributed by atoms with Crippen LogP contribution < -0.4 is 4.72 Å². The van der Waals surface area contributed by atoms with Gasteiger partial charge >= 0.3 is 0 Å². The zero-order valence-electron chi connectivity index (χ0n) is 7.73. The van der Waals surface area contributed by atoms with Crippen molar-refractivity contribution in [2.24, 2.45) is 0 Å². The fraction of sp³-hybridized carbons (Fsp3) is 0.333. The van der Waals surface area contributed by atoms with Crippen molar-refractivity contribution in [1.82, 2.24) is 4.72 Å². The van der Waals surface area contributed by atoms with E-state index in [2.05, 4.69) is 4.72 Å². The first-order valence-corrected chi connectivity index (χ1v) is 5.77. The first kappa shape index (κ1) is 9.64. The van der Waals surface area contributed by atoms with Gasteiger partial charge < -0.3 is 4.74 Å². The molecule has 0 aliphatic carbocycles. The Kier molecular flexibility index (Phi) is 2.30. The molecule has 0 bridgehead atoms. The van der Waals surface area contributed by atoms with Gasteiger partial charge in [0.2, 0.25) is 10.0 Å². The van der Waals surface area contributed by atoms with Crippen molar-refractivity contribution in [3.05, 3.63) is 29.8 Å². The summed E-state index contributed by atoms with van der Waals surface area (Å²) in [6.45, 7) is 2.37. The summed E-state index contributed by atoms with van der Waals surface area (Å²) >= 11 is 0. The Bertz CT molecular complexity index is 420. The maximum atomic E-state index is 11.6. The second-order valence-electron chi connectivity index (χ2n) is 3.26. The van der Waals surface area contributed by atoms with E-state index in [1.54, 1.807) is 24.3 Å². The number of hydrogen-bond acceptors (Lipinski definition) is 3. The molecular formula is C9H11NO3S. The standard InChI is InChI=1S/C9H11NO3S/c1-7-2-4-8(5-3-7)14(11,12)10-9-6-13-9/h2-5,9-10H,6H2,1H3. The Morgan fingerprint density at radius 2 is 1.93 bits per heavy atom. The van der Waals surface area contributed by atoms with Crippen molar-refractivity contribution >= 4 is 10.0 Å². The maximum Gasteiger partial charge on any atom is 0.242 e. The van der Waals surface area contributed by atoms with Gasteiger partial charge in [-0.1, -0.05) is 17.7 Å². The Hall–Kier alpha value is -0.910. The molecule has 1 aromatic rings. The average molecular weight is 213 g/mol. The average Bonchev–Trinajstić information content (AvgIpc) is 2.88. The molecule has 0 aromatic heterocycles. The van der Waals surface area contributed by atoms with E-state index in [4.69, 9.17) is 4.74 Å². The lowest BCUT2D eigenvalue weighted by molar-refractivity contribution is 0.396. The predicted molar refractivity (Wildman–Crippen MR) is 51.2 cm³/mol. The summed E-state index contributed by atoms with van der Waals surface area (Å²) in [6.07, 6.45) is -0.332. The number of rotatable bonds is 3. The van der Waals surface area contributed by atoms with Gasteiger partial charge in [-0.15, -0.1) is 0 Å². The number of benzene rings is 1. The lowest BCUT2D eigenvalue weighted by Crippen LogP contribution is -2.26. The van der Waals surface area contributed by atoms with Crippen LogP contribution >= 0.6 is 0 Å². The summed E-state index contributed by atoms with van der Waals surface area (Å²) in [5.41, 5.74) is 1.03. The van der Waals surface area contributed by atoms with E-state index in [1.165, 1.54) is 0 Å². The normalized spacial score (nSPS) is 20.8. The van der Waals surface area contributed by atoms with Crippen molar-refractivity contribution in [2.75, 3.05) is 6.61 Å². The van der Waals surface area contributed by atoms with E-state index in [1.807, 2.05) is 6.92 Å². The minimum atomic E-state index is -3.39. The highest BCUT2D eigenvalue weighted by Crippen LogP contribution is 2.14. The summed E-state index contributed by atoms with van der Waals surface area (Å²) < 4.78 is 30.4. The van der Waals surface area contributed by atoms with E-state index >= 15 is 0 Å². The zero-order chi connectivity index (χ0) is 10.2. The lowest BCUT2D eigenvalue weighted by Gasteiger charge is -2.03. The number of ether oxygens (including phenoxy) is 1. The fourth-order valence-corrected chi connectivity index (χ4v) is 2.19. The molecule has 1 fully saturated rings. The summed E-state index contributed by atoms with van der Waals surface area (Å²) in [5, 5.41) is 0. The van der Waals surface area contributed by atoms with Crippen molar-refractivity contribution in [2.45, 2.75) is 18.0 Å². The predicted octanol–water partition coefficient (Wildman–Crippen LogP) is 0.630. The van der Waals surface area contributed by atoms with Crippen LogP contribution in [0.3, 0.4) is 0 Å². The van der Waals surface area contributed by atoms with Crippen LogP contribution in [-0.2, 0) is 14.8 Å². The third-order valence-electron chi connectivity index (χ3n) is 1.95. The maximum absolute atomic E-state index is 11.6. The van der Waals surface area contributed by atoms with E-state index in [0.717, 1.165) is 5.56 Å². The van der Waals surface area contributed by atoms with Gasteiger partial charge in [-0.3, -0.25) is 0 Å². The van der Waals surface area contributed by atoms with Crippen LogP contribution in [0.1, 0.15) is 5.56 Å². The molecule has 14 heavy (non-hydrogen) atoms. The molecule has 1 atom stereocenters. The number of nitrogens with one attached hydrogen (secondary N) is 1. The van der Waals surface area contributed by atoms with Crippen LogP contribution in [-0.4, -0.2) is 21.3 Å². The van der Waals surface area contributed by atoms with Gasteiger partial charge in [-0.05, 0) is 19.1 Å². The Morgan fingerprint density at radius 3 is 2.43 bits per heavy atom. The topological polar surface area (TPSA) is 58.7 Å². The molecule has 1 aliphatic rings. The number of aryl methyl sites for hydroxylation is 1. The first-order chi connectivity index (χ1) is 6.58. The summed E-state index contributed by atoms with van der Waals surface area (Å²) in [4.78, 5) is 0.276. The molecule has 0 spiro atoms. The van der Waals surface area contributed by atoms with Crippen LogP contribution in [0.5, 0.6) is 0 Å². The third kappa shape index (κ3) is 2.12. The Labute approximate surface area is 82.9 Å². The van der Waals surface area contributed by atoms with Gasteiger partial charge in [-0.25, -0.2) is 8.42 Å². The highest BCUT2D eigenvalue weighted by Gasteiger charge is 2.28. The minimum absolute atomic E-state index is 0.276. The molecule has 5 heteroatoms. The minimum Gasteiger partial charge on any atom is -0.356 e. The molecular weight excluding hydrogens is 202 g/mol. The van der Waals surface area contributed by atoms with Gasteiger partial charge in [0.05, 0.1) is 11.5 Å². The molecule has 0 amide bonds. The van der Waals surface area contributed by atoms with Gasteiger partial charge in [0.1, 0.15) is 6.23 Å². The van der Waals surface area contributed by atoms with Crippen LogP contribution in [0.15, 0.2) is 29.2 Å². The first-order valence-electron chi connectivity index (χ1n) is 4.28. The van der Waals surface area contributed by atoms with Gasteiger partial charge in [0.25, 0.3) is 0 Å². The summed E-state index contributed by atoms with van der Waals surface area (Å²) in [5.74, 6) is 0. The van der Waals surface area contributed by atoms with E-state index in [-0.39, 0.29) is 11.1 Å². The van der Waals surface area contributed by atoms with Crippen molar-refractivity contribution < 1.29 is 13.2 Å². The second-order valence-corrected chi connectivity index (χ2v) is 4.97. The van der Waals surface area contributed by atoms with Gasteiger partial charge in [0, 0.05) is 0 Å². The largest absolute Gasteiger partial charge is 0.356 e. The van der Waals surface area contributed by atoms with Crippen LogP contribution in [0.25, 0.3) is 0 Å². The smallest absolute Gasteiger partial charge is 0.242 e. The van der Waals surface area contributed by atoms with Crippen LogP contribution in [0, 0.1) is 6.92 Å². The second kappa shape index (κ2) is 3.34. The molecule has 1 saturated heterocycles. The highest BCUT2D eigenvalue weighted by atomic mass is 32.2. The van der Waals surface area contributed by atoms with E-state index < -0.39 is 10.0 Å². The zero-order valence-corrected chi connectivity index (χ0v) is 8.54. The van der Waals surface area contributed by atoms with Crippen LogP contribution in [0.4, 0.5) is 0 Å². The molecule has 1 heterocycles. The molecule has 76 valence electrons. The van der Waals surface area contributed by atoms with Crippen molar-refractivity contribution in [3.8, 4) is 0 Å². The van der Waals surface area contributed by atoms with E-state index in [9.17, 15) is 8.42 Å². The number of sulfonamides is 1. The molecule has 0 saturated carbocycles. The summed E-state index contributed by atoms with van der Waals surface area (Å²) in [6, 6.07) is 6.70. The third-order valence-corrected chi connectivity index (χ3v) is 3.42. The molecule has 1 unspecified atom stereocenters. The molecule has 4 nitrogen and oxygen atoms in total. The number of epoxide rings is 1. The van der Waals surface area contributed by atoms with Crippen LogP contribution in [0.2, 0.25) is 0 Å². The fourth-order valence-electron chi connectivity index (χ4n) is 1.07. The monoisotopic (exact) mass is 213 g/mol. The molecule has 1 aliphatic heterocycles. The lowest BCUT2D eigenvalue weighted by atomic mass is 10.2. The quantitative estimate of drug-likeness (QED) is 0.749. The molecule has 1 N–H and O–H groups in total. The Morgan fingerprint density at radius 1 is 1.36 bits per heavy atom.